The largest absolute Gasteiger partial charge is 0.507 e. The first-order valence-electron chi connectivity index (χ1n) is 10.5. The van der Waals surface area contributed by atoms with E-state index in [4.69, 9.17) is 19.8 Å². The van der Waals surface area contributed by atoms with Crippen LogP contribution in [0.1, 0.15) is 18.2 Å². The lowest BCUT2D eigenvalue weighted by Crippen LogP contribution is -2.15. The SMILES string of the molecule is CCc1nc2ccc(C3=NC(OC(=O)O)CO3)cn2c1N(C)c1nc(-c2ccc(F)cc2)cs1. The van der Waals surface area contributed by atoms with Crippen molar-refractivity contribution in [3.63, 3.8) is 0 Å². The molecule has 3 aromatic heterocycles. The minimum absolute atomic E-state index is 0.0296. The molecule has 0 aliphatic carbocycles. The molecular weight excluding hydrogens is 461 g/mol. The van der Waals surface area contributed by atoms with E-state index in [1.54, 1.807) is 12.1 Å². The second-order valence-electron chi connectivity index (χ2n) is 7.55. The summed E-state index contributed by atoms with van der Waals surface area (Å²) in [5, 5.41) is 11.5. The van der Waals surface area contributed by atoms with Crippen molar-refractivity contribution in [3.8, 4) is 11.3 Å². The van der Waals surface area contributed by atoms with Crippen LogP contribution >= 0.6 is 11.3 Å². The summed E-state index contributed by atoms with van der Waals surface area (Å²) in [4.78, 5) is 26.5. The summed E-state index contributed by atoms with van der Waals surface area (Å²) in [6.07, 6.45) is 0.269. The number of benzene rings is 1. The van der Waals surface area contributed by atoms with Crippen LogP contribution in [0.4, 0.5) is 20.1 Å². The number of rotatable bonds is 6. The van der Waals surface area contributed by atoms with Gasteiger partial charge in [-0.15, -0.1) is 11.3 Å². The zero-order valence-corrected chi connectivity index (χ0v) is 19.1. The molecule has 0 bridgehead atoms. The maximum absolute atomic E-state index is 13.3. The summed E-state index contributed by atoms with van der Waals surface area (Å²) < 4.78 is 25.5. The lowest BCUT2D eigenvalue weighted by Gasteiger charge is -2.17. The van der Waals surface area contributed by atoms with Crippen LogP contribution in [0.15, 0.2) is 53.0 Å². The molecule has 5 rings (SSSR count). The van der Waals surface area contributed by atoms with Crippen molar-refractivity contribution in [2.24, 2.45) is 4.99 Å². The number of carbonyl (C=O) groups is 1. The number of halogens is 1. The molecule has 1 aliphatic heterocycles. The van der Waals surface area contributed by atoms with Crippen LogP contribution in [-0.2, 0) is 15.9 Å². The predicted octanol–water partition coefficient (Wildman–Crippen LogP) is 4.72. The topological polar surface area (TPSA) is 102 Å². The molecule has 1 aliphatic rings. The maximum atomic E-state index is 13.3. The number of carboxylic acid groups (broad SMARTS) is 1. The van der Waals surface area contributed by atoms with Gasteiger partial charge in [-0.2, -0.15) is 0 Å². The number of aryl methyl sites for hydroxylation is 1. The number of pyridine rings is 1. The molecule has 1 N–H and O–H groups in total. The number of hydrogen-bond donors (Lipinski definition) is 1. The summed E-state index contributed by atoms with van der Waals surface area (Å²) in [5.41, 5.74) is 3.90. The predicted molar refractivity (Wildman–Crippen MR) is 126 cm³/mol. The molecule has 1 aromatic carbocycles. The van der Waals surface area contributed by atoms with Gasteiger partial charge in [0.15, 0.2) is 5.13 Å². The average Bonchev–Trinajstić information content (AvgIpc) is 3.56. The van der Waals surface area contributed by atoms with Gasteiger partial charge in [-0.1, -0.05) is 6.92 Å². The van der Waals surface area contributed by atoms with Gasteiger partial charge in [-0.25, -0.2) is 24.1 Å². The first kappa shape index (κ1) is 21.8. The molecule has 11 heteroatoms. The highest BCUT2D eigenvalue weighted by Crippen LogP contribution is 2.34. The van der Waals surface area contributed by atoms with Crippen LogP contribution < -0.4 is 4.90 Å². The van der Waals surface area contributed by atoms with Crippen molar-refractivity contribution < 1.29 is 23.8 Å². The number of anilines is 2. The number of aromatic nitrogens is 3. The summed E-state index contributed by atoms with van der Waals surface area (Å²) in [7, 11) is 1.92. The van der Waals surface area contributed by atoms with Gasteiger partial charge in [-0.05, 0) is 42.8 Å². The van der Waals surface area contributed by atoms with E-state index >= 15 is 0 Å². The van der Waals surface area contributed by atoms with E-state index in [0.717, 1.165) is 33.5 Å². The van der Waals surface area contributed by atoms with Crippen LogP contribution in [0.3, 0.4) is 0 Å². The molecule has 4 heterocycles. The van der Waals surface area contributed by atoms with Gasteiger partial charge in [0.05, 0.1) is 17.0 Å². The van der Waals surface area contributed by atoms with Gasteiger partial charge in [0, 0.05) is 24.2 Å². The van der Waals surface area contributed by atoms with E-state index in [1.165, 1.54) is 23.5 Å². The molecule has 0 radical (unpaired) electrons. The van der Waals surface area contributed by atoms with E-state index in [0.29, 0.717) is 17.9 Å². The van der Waals surface area contributed by atoms with Gasteiger partial charge in [0.2, 0.25) is 12.1 Å². The van der Waals surface area contributed by atoms with Crippen molar-refractivity contribution in [2.45, 2.75) is 19.6 Å². The van der Waals surface area contributed by atoms with Gasteiger partial charge in [-0.3, -0.25) is 4.40 Å². The Morgan fingerprint density at radius 3 is 2.76 bits per heavy atom. The zero-order valence-electron chi connectivity index (χ0n) is 18.3. The van der Waals surface area contributed by atoms with Crippen LogP contribution in [-0.4, -0.2) is 51.4 Å². The third-order valence-electron chi connectivity index (χ3n) is 5.34. The number of hydrogen-bond acceptors (Lipinski definition) is 8. The monoisotopic (exact) mass is 481 g/mol. The molecule has 4 aromatic rings. The molecule has 9 nitrogen and oxygen atoms in total. The molecule has 34 heavy (non-hydrogen) atoms. The highest BCUT2D eigenvalue weighted by Gasteiger charge is 2.25. The van der Waals surface area contributed by atoms with Crippen LogP contribution in [0.2, 0.25) is 0 Å². The second kappa shape index (κ2) is 8.75. The molecule has 174 valence electrons. The number of nitrogens with zero attached hydrogens (tertiary/aromatic N) is 5. The van der Waals surface area contributed by atoms with E-state index in [2.05, 4.69) is 9.73 Å². The number of fused-ring (bicyclic) bond motifs is 1. The first-order valence-corrected chi connectivity index (χ1v) is 11.4. The van der Waals surface area contributed by atoms with Crippen molar-refractivity contribution in [1.82, 2.24) is 14.4 Å². The smallest absolute Gasteiger partial charge is 0.471 e. The van der Waals surface area contributed by atoms with E-state index in [-0.39, 0.29) is 12.4 Å². The van der Waals surface area contributed by atoms with Crippen LogP contribution in [0, 0.1) is 5.82 Å². The van der Waals surface area contributed by atoms with Crippen LogP contribution in [0.25, 0.3) is 16.9 Å². The number of thiazole rings is 1. The lowest BCUT2D eigenvalue weighted by molar-refractivity contribution is 0.0439. The maximum Gasteiger partial charge on any atom is 0.507 e. The Morgan fingerprint density at radius 1 is 1.26 bits per heavy atom. The standard InChI is InChI=1S/C23H20FN5O4S/c1-3-16-21(28(2)22-26-17(12-34-22)13-4-7-15(24)8-5-13)29-10-14(6-9-18(29)25-16)20-27-19(11-32-20)33-23(30)31/h4-10,12,19H,3,11H2,1-2H3,(H,30,31). The fourth-order valence-corrected chi connectivity index (χ4v) is 4.55. The normalized spacial score (nSPS) is 15.3. The second-order valence-corrected chi connectivity index (χ2v) is 8.38. The van der Waals surface area contributed by atoms with Crippen molar-refractivity contribution in [2.75, 3.05) is 18.6 Å². The quantitative estimate of drug-likeness (QED) is 0.398. The summed E-state index contributed by atoms with van der Waals surface area (Å²) >= 11 is 1.48. The number of imidazole rings is 1. The molecule has 0 saturated carbocycles. The molecule has 0 fully saturated rings. The summed E-state index contributed by atoms with van der Waals surface area (Å²) in [6.45, 7) is 2.06. The Kier molecular flexibility index (Phi) is 5.62. The fourth-order valence-electron chi connectivity index (χ4n) is 3.75. The number of ether oxygens (including phenoxy) is 2. The Morgan fingerprint density at radius 2 is 2.03 bits per heavy atom. The van der Waals surface area contributed by atoms with E-state index in [1.807, 2.05) is 47.0 Å². The van der Waals surface area contributed by atoms with Crippen molar-refractivity contribution >= 4 is 40.0 Å². The van der Waals surface area contributed by atoms with E-state index < -0.39 is 12.4 Å². The molecule has 1 atom stereocenters. The molecular formula is C23H20FN5O4S. The Hall–Kier alpha value is -3.99. The van der Waals surface area contributed by atoms with Crippen molar-refractivity contribution in [1.29, 1.82) is 0 Å². The zero-order chi connectivity index (χ0) is 23.8. The Labute approximate surface area is 197 Å². The van der Waals surface area contributed by atoms with Gasteiger partial charge >= 0.3 is 6.16 Å². The molecule has 0 amide bonds. The molecule has 0 spiro atoms. The van der Waals surface area contributed by atoms with Gasteiger partial charge < -0.3 is 19.5 Å². The minimum Gasteiger partial charge on any atom is -0.471 e. The van der Waals surface area contributed by atoms with Crippen LogP contribution in [0.5, 0.6) is 0 Å². The lowest BCUT2D eigenvalue weighted by atomic mass is 10.2. The molecule has 1 unspecified atom stereocenters. The Bertz CT molecular complexity index is 1400. The fraction of sp³-hybridized carbons (Fsp3) is 0.217. The third kappa shape index (κ3) is 4.05. The third-order valence-corrected chi connectivity index (χ3v) is 6.26. The Balaban J connectivity index is 1.51. The van der Waals surface area contributed by atoms with E-state index in [9.17, 15) is 9.18 Å². The highest BCUT2D eigenvalue weighted by molar-refractivity contribution is 7.14. The minimum atomic E-state index is -1.40. The summed E-state index contributed by atoms with van der Waals surface area (Å²) in [6, 6.07) is 9.92. The average molecular weight is 482 g/mol. The highest BCUT2D eigenvalue weighted by atomic mass is 32.1. The first-order chi connectivity index (χ1) is 16.4. The van der Waals surface area contributed by atoms with Crippen molar-refractivity contribution in [3.05, 3.63) is 65.0 Å². The summed E-state index contributed by atoms with van der Waals surface area (Å²) in [5.74, 6) is 0.861. The van der Waals surface area contributed by atoms with Gasteiger partial charge in [0.25, 0.3) is 0 Å². The van der Waals surface area contributed by atoms with Gasteiger partial charge in [0.1, 0.15) is 23.9 Å². The number of aliphatic imine (C=N–C) groups is 1. The molecule has 0 saturated heterocycles.